The molecule has 0 bridgehead atoms. The summed E-state index contributed by atoms with van der Waals surface area (Å²) in [6, 6.07) is -0.956. The molecule has 0 aromatic rings. The van der Waals surface area contributed by atoms with Crippen LogP contribution in [-0.4, -0.2) is 87.1 Å². The van der Waals surface area contributed by atoms with Crippen molar-refractivity contribution in [1.82, 2.24) is 10.2 Å². The molecular formula is C47H92N7O6+3. The first-order chi connectivity index (χ1) is 29.1. The van der Waals surface area contributed by atoms with Crippen LogP contribution in [0.1, 0.15) is 193 Å². The number of hydrogen-bond donors (Lipinski definition) is 6. The Kier molecular flexibility index (Phi) is 39.8. The third-order valence-corrected chi connectivity index (χ3v) is 11.0. The van der Waals surface area contributed by atoms with E-state index < -0.39 is 12.1 Å². The lowest BCUT2D eigenvalue weighted by Gasteiger charge is -2.25. The van der Waals surface area contributed by atoms with Crippen molar-refractivity contribution in [3.8, 4) is 0 Å². The van der Waals surface area contributed by atoms with E-state index >= 15 is 0 Å². The Hall–Kier alpha value is -3.45. The summed E-state index contributed by atoms with van der Waals surface area (Å²) in [7, 11) is 2.89. The van der Waals surface area contributed by atoms with Gasteiger partial charge in [0.1, 0.15) is 0 Å². The molecule has 60 heavy (non-hydrogen) atoms. The number of amides is 2. The molecule has 0 heterocycles. The zero-order chi connectivity index (χ0) is 44.3. The SMILES string of the molecule is COC(=O)CCCCCCC/C=C\CCCCCCCCN(CCCCCCCC/C=C\CCCCCCCC(=O)OC)C(=O)C([NH3+])CNC(=O)C([NH3+])CCC[NH+]=C(N)N. The van der Waals surface area contributed by atoms with E-state index in [1.54, 1.807) is 0 Å². The van der Waals surface area contributed by atoms with E-state index in [2.05, 4.69) is 55.6 Å². The van der Waals surface area contributed by atoms with Crippen LogP contribution in [0, 0.1) is 0 Å². The number of unbranched alkanes of at least 4 members (excludes halogenated alkanes) is 22. The Morgan fingerprint density at radius 2 is 0.917 bits per heavy atom. The Labute approximate surface area is 365 Å². The van der Waals surface area contributed by atoms with E-state index in [1.807, 2.05) is 4.90 Å². The smallest absolute Gasteiger partial charge is 0.338 e. The third kappa shape index (κ3) is 37.5. The fourth-order valence-corrected chi connectivity index (χ4v) is 7.10. The van der Waals surface area contributed by atoms with Gasteiger partial charge in [-0.05, 0) is 83.5 Å². The van der Waals surface area contributed by atoms with Crippen molar-refractivity contribution < 1.29 is 45.1 Å². The molecular weight excluding hydrogens is 759 g/mol. The summed E-state index contributed by atoms with van der Waals surface area (Å²) >= 11 is 0. The number of nitrogens with one attached hydrogen (secondary N) is 2. The number of rotatable bonds is 42. The molecule has 0 aromatic heterocycles. The number of carbonyl (C=O) groups excluding carboxylic acids is 4. The number of quaternary nitrogens is 2. The number of ether oxygens (including phenoxy) is 2. The summed E-state index contributed by atoms with van der Waals surface area (Å²) in [6.07, 6.45) is 41.3. The maximum absolute atomic E-state index is 13.6. The van der Waals surface area contributed by atoms with Crippen molar-refractivity contribution in [2.45, 2.75) is 205 Å². The van der Waals surface area contributed by atoms with Gasteiger partial charge in [0.05, 0.1) is 27.3 Å². The molecule has 13 nitrogen and oxygen atoms in total. The van der Waals surface area contributed by atoms with Crippen molar-refractivity contribution in [3.05, 3.63) is 24.3 Å². The molecule has 0 aliphatic heterocycles. The van der Waals surface area contributed by atoms with Crippen molar-refractivity contribution in [2.24, 2.45) is 11.5 Å². The zero-order valence-corrected chi connectivity index (χ0v) is 38.5. The van der Waals surface area contributed by atoms with Gasteiger partial charge in [0.15, 0.2) is 12.1 Å². The molecule has 348 valence electrons. The second-order valence-corrected chi connectivity index (χ2v) is 16.5. The van der Waals surface area contributed by atoms with E-state index in [-0.39, 0.29) is 36.3 Å². The van der Waals surface area contributed by atoms with Crippen LogP contribution in [0.25, 0.3) is 0 Å². The topological polar surface area (TPSA) is 223 Å². The maximum atomic E-state index is 13.6. The average Bonchev–Trinajstić information content (AvgIpc) is 3.24. The first-order valence-electron chi connectivity index (χ1n) is 23.9. The Morgan fingerprint density at radius 1 is 0.550 bits per heavy atom. The van der Waals surface area contributed by atoms with Gasteiger partial charge in [-0.1, -0.05) is 114 Å². The number of guanidine groups is 1. The van der Waals surface area contributed by atoms with Crippen molar-refractivity contribution in [3.63, 3.8) is 0 Å². The molecule has 2 atom stereocenters. The van der Waals surface area contributed by atoms with Gasteiger partial charge in [0, 0.05) is 32.4 Å². The largest absolute Gasteiger partial charge is 0.469 e. The standard InChI is InChI=1S/C47H89N7O6/c1-59-43(55)35-29-25-21-17-13-9-5-3-7-11-15-19-23-27-31-38-54(46(58)42(49)40-53-45(57)41(48)34-33-37-52-47(50)51)39-32-28-24-20-16-12-8-4-6-10-14-18-22-26-30-36-44(56)60-2/h3-6,41-42H,7-40,48-49H2,1-2H3,(H,53,57)(H4,50,51,52)/p+3/b5-3-,6-4-. The highest BCUT2D eigenvalue weighted by atomic mass is 16.5. The van der Waals surface area contributed by atoms with Gasteiger partial charge in [-0.2, -0.15) is 0 Å². The number of allylic oxidation sites excluding steroid dienone is 4. The molecule has 2 amide bonds. The third-order valence-electron chi connectivity index (χ3n) is 11.0. The number of nitrogens with two attached hydrogens (primary N) is 2. The van der Waals surface area contributed by atoms with Crippen molar-refractivity contribution in [2.75, 3.05) is 40.4 Å². The summed E-state index contributed by atoms with van der Waals surface area (Å²) in [4.78, 5) is 53.4. The van der Waals surface area contributed by atoms with E-state index in [9.17, 15) is 19.2 Å². The molecule has 0 rings (SSSR count). The van der Waals surface area contributed by atoms with Crippen LogP contribution >= 0.6 is 0 Å². The highest BCUT2D eigenvalue weighted by molar-refractivity contribution is 5.83. The molecule has 0 aliphatic carbocycles. The highest BCUT2D eigenvalue weighted by Crippen LogP contribution is 2.13. The van der Waals surface area contributed by atoms with Gasteiger partial charge in [0.25, 0.3) is 11.8 Å². The molecule has 2 unspecified atom stereocenters. The summed E-state index contributed by atoms with van der Waals surface area (Å²) in [5, 5.41) is 2.90. The minimum absolute atomic E-state index is 0.0183. The number of hydrogen-bond acceptors (Lipinski definition) is 6. The van der Waals surface area contributed by atoms with Crippen molar-refractivity contribution >= 4 is 29.7 Å². The Morgan fingerprint density at radius 3 is 1.30 bits per heavy atom. The zero-order valence-electron chi connectivity index (χ0n) is 38.5. The fourth-order valence-electron chi connectivity index (χ4n) is 7.10. The van der Waals surface area contributed by atoms with Gasteiger partial charge in [-0.25, -0.2) is 0 Å². The molecule has 0 radical (unpaired) electrons. The average molecular weight is 851 g/mol. The second kappa shape index (κ2) is 42.2. The first kappa shape index (κ1) is 56.5. The molecule has 0 saturated heterocycles. The van der Waals surface area contributed by atoms with Crippen LogP contribution < -0.4 is 33.2 Å². The predicted octanol–water partition coefficient (Wildman–Crippen LogP) is 4.67. The lowest BCUT2D eigenvalue weighted by atomic mass is 10.1. The molecule has 0 aromatic carbocycles. The van der Waals surface area contributed by atoms with E-state index in [1.165, 1.54) is 104 Å². The summed E-state index contributed by atoms with van der Waals surface area (Å²) in [5.41, 5.74) is 19.0. The minimum atomic E-state index is -0.536. The second-order valence-electron chi connectivity index (χ2n) is 16.5. The van der Waals surface area contributed by atoms with Crippen LogP contribution in [0.2, 0.25) is 0 Å². The normalized spacial score (nSPS) is 12.4. The first-order valence-corrected chi connectivity index (χ1v) is 23.9. The quantitative estimate of drug-likeness (QED) is 0.0166. The molecule has 0 saturated carbocycles. The molecule has 12 N–H and O–H groups in total. The summed E-state index contributed by atoms with van der Waals surface area (Å²) in [6.45, 7) is 2.26. The monoisotopic (exact) mass is 851 g/mol. The maximum Gasteiger partial charge on any atom is 0.338 e. The van der Waals surface area contributed by atoms with Crippen LogP contribution in [-0.2, 0) is 28.7 Å². The fraction of sp³-hybridized carbons (Fsp3) is 0.809. The lowest BCUT2D eigenvalue weighted by molar-refractivity contribution is -0.463. The number of carbonyl (C=O) groups is 4. The summed E-state index contributed by atoms with van der Waals surface area (Å²) < 4.78 is 9.38. The van der Waals surface area contributed by atoms with Crippen LogP contribution in [0.5, 0.6) is 0 Å². The van der Waals surface area contributed by atoms with Crippen LogP contribution in [0.4, 0.5) is 0 Å². The van der Waals surface area contributed by atoms with Gasteiger partial charge >= 0.3 is 17.9 Å². The van der Waals surface area contributed by atoms with Crippen LogP contribution in [0.15, 0.2) is 24.3 Å². The number of methoxy groups -OCH3 is 2. The van der Waals surface area contributed by atoms with E-state index in [4.69, 9.17) is 11.5 Å². The van der Waals surface area contributed by atoms with Crippen molar-refractivity contribution in [1.29, 1.82) is 0 Å². The Bertz CT molecular complexity index is 1110. The minimum Gasteiger partial charge on any atom is -0.469 e. The molecule has 0 aliphatic rings. The van der Waals surface area contributed by atoms with Gasteiger partial charge in [-0.15, -0.1) is 0 Å². The number of nitrogens with zero attached hydrogens (tertiary/aromatic N) is 1. The van der Waals surface area contributed by atoms with Gasteiger partial charge in [-0.3, -0.25) is 35.6 Å². The molecule has 0 fully saturated rings. The molecule has 0 spiro atoms. The van der Waals surface area contributed by atoms with Gasteiger partial charge in [0.2, 0.25) is 0 Å². The summed E-state index contributed by atoms with van der Waals surface area (Å²) in [5.74, 6) is -0.202. The Balaban J connectivity index is 4.43. The molecule has 13 heteroatoms. The van der Waals surface area contributed by atoms with Crippen LogP contribution in [0.3, 0.4) is 0 Å². The predicted molar refractivity (Wildman–Crippen MR) is 243 cm³/mol. The van der Waals surface area contributed by atoms with Gasteiger partial charge < -0.3 is 31.2 Å². The van der Waals surface area contributed by atoms with E-state index in [0.717, 1.165) is 90.1 Å². The lowest BCUT2D eigenvalue weighted by Crippen LogP contribution is -2.78. The highest BCUT2D eigenvalue weighted by Gasteiger charge is 2.26. The van der Waals surface area contributed by atoms with E-state index in [0.29, 0.717) is 32.2 Å². The number of esters is 2.